The van der Waals surface area contributed by atoms with E-state index in [4.69, 9.17) is 9.47 Å². The van der Waals surface area contributed by atoms with Crippen molar-refractivity contribution in [2.75, 3.05) is 19.0 Å². The summed E-state index contributed by atoms with van der Waals surface area (Å²) in [4.78, 5) is 8.42. The number of hydrogen-bond donors (Lipinski definition) is 1. The summed E-state index contributed by atoms with van der Waals surface area (Å²) >= 11 is 0. The fourth-order valence-electron chi connectivity index (χ4n) is 1.62. The van der Waals surface area contributed by atoms with Gasteiger partial charge in [-0.05, 0) is 24.6 Å². The van der Waals surface area contributed by atoms with Crippen LogP contribution in [0.5, 0.6) is 11.6 Å². The lowest BCUT2D eigenvalue weighted by atomic mass is 10.3. The predicted octanol–water partition coefficient (Wildman–Crippen LogP) is 2.50. The topological polar surface area (TPSA) is 56.3 Å². The summed E-state index contributed by atoms with van der Waals surface area (Å²) in [5.41, 5.74) is 1.05. The van der Waals surface area contributed by atoms with Gasteiger partial charge in [0.1, 0.15) is 0 Å². The molecule has 0 unspecified atom stereocenters. The standard InChI is InChI=1S/C14H17N3O2/c1-3-19-12-5-4-8-15-14(12)17-10-11-6-7-13(18-2)16-9-11/h4-9H,3,10H2,1-2H3,(H,15,17). The SMILES string of the molecule is CCOc1cccnc1NCc1ccc(OC)nc1. The molecule has 19 heavy (non-hydrogen) atoms. The zero-order chi connectivity index (χ0) is 13.5. The Balaban J connectivity index is 2.01. The predicted molar refractivity (Wildman–Crippen MR) is 73.5 cm³/mol. The van der Waals surface area contributed by atoms with Gasteiger partial charge < -0.3 is 14.8 Å². The summed E-state index contributed by atoms with van der Waals surface area (Å²) in [5, 5.41) is 3.23. The summed E-state index contributed by atoms with van der Waals surface area (Å²) in [5.74, 6) is 2.10. The third-order valence-corrected chi connectivity index (χ3v) is 2.54. The first-order valence-corrected chi connectivity index (χ1v) is 6.14. The number of methoxy groups -OCH3 is 1. The molecule has 5 heteroatoms. The third kappa shape index (κ3) is 3.58. The number of anilines is 1. The lowest BCUT2D eigenvalue weighted by molar-refractivity contribution is 0.340. The van der Waals surface area contributed by atoms with Crippen LogP contribution in [0.4, 0.5) is 5.82 Å². The molecule has 2 aromatic heterocycles. The Bertz CT molecular complexity index is 514. The van der Waals surface area contributed by atoms with Crippen molar-refractivity contribution >= 4 is 5.82 Å². The molecular formula is C14H17N3O2. The van der Waals surface area contributed by atoms with E-state index in [0.717, 1.165) is 17.1 Å². The van der Waals surface area contributed by atoms with Crippen LogP contribution in [0.3, 0.4) is 0 Å². The fraction of sp³-hybridized carbons (Fsp3) is 0.286. The van der Waals surface area contributed by atoms with E-state index in [9.17, 15) is 0 Å². The second kappa shape index (κ2) is 6.58. The number of aromatic nitrogens is 2. The molecule has 100 valence electrons. The van der Waals surface area contributed by atoms with Gasteiger partial charge in [-0.15, -0.1) is 0 Å². The van der Waals surface area contributed by atoms with Crippen LogP contribution in [0.1, 0.15) is 12.5 Å². The maximum absolute atomic E-state index is 5.50. The molecule has 2 aromatic rings. The van der Waals surface area contributed by atoms with E-state index in [-0.39, 0.29) is 0 Å². The van der Waals surface area contributed by atoms with Crippen molar-refractivity contribution in [1.82, 2.24) is 9.97 Å². The van der Waals surface area contributed by atoms with Gasteiger partial charge in [0.15, 0.2) is 11.6 Å². The maximum atomic E-state index is 5.50. The minimum Gasteiger partial charge on any atom is -0.490 e. The van der Waals surface area contributed by atoms with Gasteiger partial charge in [0.2, 0.25) is 5.88 Å². The van der Waals surface area contributed by atoms with E-state index >= 15 is 0 Å². The third-order valence-electron chi connectivity index (χ3n) is 2.54. The molecule has 0 aliphatic carbocycles. The van der Waals surface area contributed by atoms with E-state index in [2.05, 4.69) is 15.3 Å². The van der Waals surface area contributed by atoms with E-state index < -0.39 is 0 Å². The van der Waals surface area contributed by atoms with E-state index in [1.807, 2.05) is 31.2 Å². The lowest BCUT2D eigenvalue weighted by Crippen LogP contribution is -2.04. The molecule has 2 heterocycles. The molecule has 0 aliphatic rings. The molecule has 0 atom stereocenters. The highest BCUT2D eigenvalue weighted by molar-refractivity contribution is 5.49. The van der Waals surface area contributed by atoms with Crippen LogP contribution >= 0.6 is 0 Å². The molecule has 0 fully saturated rings. The molecule has 0 bridgehead atoms. The molecule has 1 N–H and O–H groups in total. The molecule has 2 rings (SSSR count). The first-order chi connectivity index (χ1) is 9.33. The number of rotatable bonds is 6. The second-order valence-corrected chi connectivity index (χ2v) is 3.85. The first kappa shape index (κ1) is 13.1. The molecule has 5 nitrogen and oxygen atoms in total. The summed E-state index contributed by atoms with van der Waals surface area (Å²) in [7, 11) is 1.60. The number of nitrogens with zero attached hydrogens (tertiary/aromatic N) is 2. The van der Waals surface area contributed by atoms with Gasteiger partial charge in [0.25, 0.3) is 0 Å². The second-order valence-electron chi connectivity index (χ2n) is 3.85. The molecule has 0 amide bonds. The van der Waals surface area contributed by atoms with E-state index in [0.29, 0.717) is 19.0 Å². The zero-order valence-corrected chi connectivity index (χ0v) is 11.1. The fourth-order valence-corrected chi connectivity index (χ4v) is 1.62. The van der Waals surface area contributed by atoms with Gasteiger partial charge in [-0.25, -0.2) is 9.97 Å². The van der Waals surface area contributed by atoms with Crippen LogP contribution in [0.25, 0.3) is 0 Å². The highest BCUT2D eigenvalue weighted by atomic mass is 16.5. The van der Waals surface area contributed by atoms with Crippen molar-refractivity contribution < 1.29 is 9.47 Å². The minimum absolute atomic E-state index is 0.608. The Hall–Kier alpha value is -2.30. The quantitative estimate of drug-likeness (QED) is 0.863. The average molecular weight is 259 g/mol. The summed E-state index contributed by atoms with van der Waals surface area (Å²) in [6.45, 7) is 3.20. The van der Waals surface area contributed by atoms with Crippen LogP contribution in [0, 0.1) is 0 Å². The highest BCUT2D eigenvalue weighted by Gasteiger charge is 2.03. The maximum Gasteiger partial charge on any atom is 0.212 e. The summed E-state index contributed by atoms with van der Waals surface area (Å²) < 4.78 is 10.5. The Morgan fingerprint density at radius 3 is 2.79 bits per heavy atom. The molecule has 0 saturated heterocycles. The van der Waals surface area contributed by atoms with E-state index in [1.54, 1.807) is 19.5 Å². The molecule has 0 aromatic carbocycles. The number of nitrogens with one attached hydrogen (secondary N) is 1. The largest absolute Gasteiger partial charge is 0.490 e. The summed E-state index contributed by atoms with van der Waals surface area (Å²) in [6, 6.07) is 7.54. The van der Waals surface area contributed by atoms with Crippen molar-refractivity contribution in [3.63, 3.8) is 0 Å². The Morgan fingerprint density at radius 1 is 1.21 bits per heavy atom. The summed E-state index contributed by atoms with van der Waals surface area (Å²) in [6.07, 6.45) is 3.51. The van der Waals surface area contributed by atoms with Crippen LogP contribution in [0.15, 0.2) is 36.7 Å². The average Bonchev–Trinajstić information content (AvgIpc) is 2.47. The Morgan fingerprint density at radius 2 is 2.11 bits per heavy atom. The van der Waals surface area contributed by atoms with Gasteiger partial charge in [-0.1, -0.05) is 6.07 Å². The van der Waals surface area contributed by atoms with Crippen LogP contribution in [0.2, 0.25) is 0 Å². The Kier molecular flexibility index (Phi) is 4.55. The Labute approximate surface area is 112 Å². The van der Waals surface area contributed by atoms with Gasteiger partial charge >= 0.3 is 0 Å². The van der Waals surface area contributed by atoms with E-state index in [1.165, 1.54) is 0 Å². The van der Waals surface area contributed by atoms with Crippen molar-refractivity contribution in [3.8, 4) is 11.6 Å². The molecule has 0 spiro atoms. The van der Waals surface area contributed by atoms with Crippen LogP contribution in [-0.2, 0) is 6.54 Å². The van der Waals surface area contributed by atoms with Crippen LogP contribution in [-0.4, -0.2) is 23.7 Å². The molecule has 0 radical (unpaired) electrons. The number of ether oxygens (including phenoxy) is 2. The van der Waals surface area contributed by atoms with Crippen molar-refractivity contribution in [2.24, 2.45) is 0 Å². The van der Waals surface area contributed by atoms with Gasteiger partial charge in [0, 0.05) is 25.0 Å². The van der Waals surface area contributed by atoms with Crippen molar-refractivity contribution in [2.45, 2.75) is 13.5 Å². The smallest absolute Gasteiger partial charge is 0.212 e. The normalized spacial score (nSPS) is 10.0. The van der Waals surface area contributed by atoms with Gasteiger partial charge in [-0.3, -0.25) is 0 Å². The number of pyridine rings is 2. The first-order valence-electron chi connectivity index (χ1n) is 6.14. The zero-order valence-electron chi connectivity index (χ0n) is 11.1. The van der Waals surface area contributed by atoms with Crippen LogP contribution < -0.4 is 14.8 Å². The molecular weight excluding hydrogens is 242 g/mol. The lowest BCUT2D eigenvalue weighted by Gasteiger charge is -2.10. The molecule has 0 saturated carbocycles. The van der Waals surface area contributed by atoms with Crippen molar-refractivity contribution in [3.05, 3.63) is 42.2 Å². The van der Waals surface area contributed by atoms with Crippen molar-refractivity contribution in [1.29, 1.82) is 0 Å². The monoisotopic (exact) mass is 259 g/mol. The molecule has 0 aliphatic heterocycles. The highest BCUT2D eigenvalue weighted by Crippen LogP contribution is 2.21. The number of hydrogen-bond acceptors (Lipinski definition) is 5. The van der Waals surface area contributed by atoms with Gasteiger partial charge in [0.05, 0.1) is 13.7 Å². The minimum atomic E-state index is 0.608. The van der Waals surface area contributed by atoms with Gasteiger partial charge in [-0.2, -0.15) is 0 Å².